The molecule has 3 atom stereocenters. The fourth-order valence-corrected chi connectivity index (χ4v) is 1.90. The summed E-state index contributed by atoms with van der Waals surface area (Å²) < 4.78 is 0. The molecule has 0 bridgehead atoms. The van der Waals surface area contributed by atoms with E-state index in [1.54, 1.807) is 6.92 Å². The summed E-state index contributed by atoms with van der Waals surface area (Å²) in [5, 5.41) is 19.1. The number of rotatable bonds is 10. The predicted molar refractivity (Wildman–Crippen MR) is 69.4 cm³/mol. The van der Waals surface area contributed by atoms with Gasteiger partial charge in [-0.3, -0.25) is 0 Å². The Morgan fingerprint density at radius 2 is 1.75 bits per heavy atom. The van der Waals surface area contributed by atoms with Gasteiger partial charge < -0.3 is 10.2 Å². The number of hydrogen-bond acceptors (Lipinski definition) is 2. The summed E-state index contributed by atoms with van der Waals surface area (Å²) in [7, 11) is 0. The quantitative estimate of drug-likeness (QED) is 0.445. The standard InChI is InChI=1S/C14H28O2/c1-4-6-7-8-9-13(5-2)14(16)11-10-12(3)15/h5,12-16H,2,4,6-11H2,1,3H3/t12?,13-,14+/m1/s1. The van der Waals surface area contributed by atoms with Gasteiger partial charge in [-0.05, 0) is 26.2 Å². The van der Waals surface area contributed by atoms with Crippen molar-refractivity contribution in [2.24, 2.45) is 5.92 Å². The smallest absolute Gasteiger partial charge is 0.0603 e. The van der Waals surface area contributed by atoms with Crippen molar-refractivity contribution in [3.63, 3.8) is 0 Å². The molecule has 0 amide bonds. The molecule has 0 aliphatic carbocycles. The van der Waals surface area contributed by atoms with E-state index in [4.69, 9.17) is 5.11 Å². The van der Waals surface area contributed by atoms with E-state index < -0.39 is 0 Å². The summed E-state index contributed by atoms with van der Waals surface area (Å²) in [5.74, 6) is 0.190. The molecule has 0 aliphatic heterocycles. The van der Waals surface area contributed by atoms with Crippen molar-refractivity contribution < 1.29 is 10.2 Å². The maximum atomic E-state index is 9.93. The lowest BCUT2D eigenvalue weighted by Crippen LogP contribution is -2.20. The predicted octanol–water partition coefficient (Wildman–Crippen LogP) is 3.28. The van der Waals surface area contributed by atoms with Crippen molar-refractivity contribution in [1.29, 1.82) is 0 Å². The van der Waals surface area contributed by atoms with E-state index in [-0.39, 0.29) is 18.1 Å². The third-order valence-corrected chi connectivity index (χ3v) is 3.07. The molecule has 2 heteroatoms. The fraction of sp³-hybridized carbons (Fsp3) is 0.857. The molecule has 0 fully saturated rings. The van der Waals surface area contributed by atoms with Crippen LogP contribution in [0.2, 0.25) is 0 Å². The van der Waals surface area contributed by atoms with Gasteiger partial charge in [-0.15, -0.1) is 6.58 Å². The number of hydrogen-bond donors (Lipinski definition) is 2. The first kappa shape index (κ1) is 15.7. The van der Waals surface area contributed by atoms with Gasteiger partial charge in [-0.25, -0.2) is 0 Å². The zero-order chi connectivity index (χ0) is 12.4. The molecule has 0 saturated heterocycles. The largest absolute Gasteiger partial charge is 0.393 e. The first-order chi connectivity index (χ1) is 7.61. The highest BCUT2D eigenvalue weighted by Gasteiger charge is 2.15. The van der Waals surface area contributed by atoms with Crippen LogP contribution in [-0.2, 0) is 0 Å². The molecule has 0 saturated carbocycles. The van der Waals surface area contributed by atoms with Crippen LogP contribution in [0, 0.1) is 5.92 Å². The van der Waals surface area contributed by atoms with Crippen molar-refractivity contribution in [2.75, 3.05) is 0 Å². The van der Waals surface area contributed by atoms with Gasteiger partial charge in [0.15, 0.2) is 0 Å². The van der Waals surface area contributed by atoms with Gasteiger partial charge in [0, 0.05) is 5.92 Å². The van der Waals surface area contributed by atoms with Crippen molar-refractivity contribution >= 4 is 0 Å². The second-order valence-electron chi connectivity index (χ2n) is 4.74. The minimum absolute atomic E-state index is 0.190. The Balaban J connectivity index is 3.74. The van der Waals surface area contributed by atoms with Crippen LogP contribution >= 0.6 is 0 Å². The summed E-state index contributed by atoms with van der Waals surface area (Å²) in [6.07, 6.45) is 8.47. The number of unbranched alkanes of at least 4 members (excludes halogenated alkanes) is 3. The van der Waals surface area contributed by atoms with E-state index in [1.165, 1.54) is 19.3 Å². The topological polar surface area (TPSA) is 40.5 Å². The maximum Gasteiger partial charge on any atom is 0.0603 e. The number of aliphatic hydroxyl groups excluding tert-OH is 2. The van der Waals surface area contributed by atoms with Gasteiger partial charge in [-0.1, -0.05) is 38.7 Å². The third kappa shape index (κ3) is 7.89. The molecule has 0 aromatic rings. The Labute approximate surface area is 100 Å². The first-order valence-corrected chi connectivity index (χ1v) is 6.60. The molecule has 1 unspecified atom stereocenters. The summed E-state index contributed by atoms with van der Waals surface area (Å²) in [6.45, 7) is 7.74. The van der Waals surface area contributed by atoms with Crippen LogP contribution in [0.5, 0.6) is 0 Å². The van der Waals surface area contributed by atoms with Gasteiger partial charge in [0.2, 0.25) is 0 Å². The zero-order valence-corrected chi connectivity index (χ0v) is 10.9. The van der Waals surface area contributed by atoms with Crippen LogP contribution < -0.4 is 0 Å². The molecule has 0 rings (SSSR count). The Morgan fingerprint density at radius 3 is 2.25 bits per heavy atom. The Kier molecular flexibility index (Phi) is 9.65. The monoisotopic (exact) mass is 228 g/mol. The highest BCUT2D eigenvalue weighted by atomic mass is 16.3. The van der Waals surface area contributed by atoms with E-state index in [9.17, 15) is 5.11 Å². The molecule has 0 radical (unpaired) electrons. The average Bonchev–Trinajstić information content (AvgIpc) is 2.26. The maximum absolute atomic E-state index is 9.93. The van der Waals surface area contributed by atoms with Crippen LogP contribution in [0.25, 0.3) is 0 Å². The molecule has 0 heterocycles. The fourth-order valence-electron chi connectivity index (χ4n) is 1.90. The minimum atomic E-state index is -0.339. The van der Waals surface area contributed by atoms with Crippen molar-refractivity contribution in [2.45, 2.75) is 71.0 Å². The van der Waals surface area contributed by atoms with Crippen LogP contribution in [-0.4, -0.2) is 22.4 Å². The molecule has 0 aromatic carbocycles. The zero-order valence-electron chi connectivity index (χ0n) is 10.9. The Bertz CT molecular complexity index is 166. The second kappa shape index (κ2) is 9.86. The van der Waals surface area contributed by atoms with Crippen LogP contribution in [0.4, 0.5) is 0 Å². The highest BCUT2D eigenvalue weighted by Crippen LogP contribution is 2.19. The van der Waals surface area contributed by atoms with Gasteiger partial charge >= 0.3 is 0 Å². The van der Waals surface area contributed by atoms with Crippen molar-refractivity contribution in [1.82, 2.24) is 0 Å². The summed E-state index contributed by atoms with van der Waals surface area (Å²) >= 11 is 0. The summed E-state index contributed by atoms with van der Waals surface area (Å²) in [6, 6.07) is 0. The van der Waals surface area contributed by atoms with Gasteiger partial charge in [0.05, 0.1) is 12.2 Å². The normalized spacial score (nSPS) is 16.8. The lowest BCUT2D eigenvalue weighted by atomic mass is 9.92. The molecule has 2 nitrogen and oxygen atoms in total. The average molecular weight is 228 g/mol. The van der Waals surface area contributed by atoms with Gasteiger partial charge in [0.25, 0.3) is 0 Å². The van der Waals surface area contributed by atoms with Gasteiger partial charge in [-0.2, -0.15) is 0 Å². The van der Waals surface area contributed by atoms with Crippen molar-refractivity contribution in [3.8, 4) is 0 Å². The lowest BCUT2D eigenvalue weighted by molar-refractivity contribution is 0.0899. The van der Waals surface area contributed by atoms with E-state index >= 15 is 0 Å². The molecule has 2 N–H and O–H groups in total. The molecule has 0 aliphatic rings. The second-order valence-corrected chi connectivity index (χ2v) is 4.74. The Morgan fingerprint density at radius 1 is 1.06 bits per heavy atom. The van der Waals surface area contributed by atoms with E-state index in [0.717, 1.165) is 12.8 Å². The summed E-state index contributed by atoms with van der Waals surface area (Å²) in [4.78, 5) is 0. The van der Waals surface area contributed by atoms with Crippen LogP contribution in [0.15, 0.2) is 12.7 Å². The third-order valence-electron chi connectivity index (χ3n) is 3.07. The Hall–Kier alpha value is -0.340. The lowest BCUT2D eigenvalue weighted by Gasteiger charge is -2.20. The molecule has 16 heavy (non-hydrogen) atoms. The molecule has 0 aromatic heterocycles. The minimum Gasteiger partial charge on any atom is -0.393 e. The number of aliphatic hydroxyl groups is 2. The first-order valence-electron chi connectivity index (χ1n) is 6.60. The highest BCUT2D eigenvalue weighted by molar-refractivity contribution is 4.84. The molecular formula is C14H28O2. The summed E-state index contributed by atoms with van der Waals surface area (Å²) in [5.41, 5.74) is 0. The van der Waals surface area contributed by atoms with Crippen molar-refractivity contribution in [3.05, 3.63) is 12.7 Å². The van der Waals surface area contributed by atoms with Gasteiger partial charge in [0.1, 0.15) is 0 Å². The van der Waals surface area contributed by atoms with E-state index in [2.05, 4.69) is 13.5 Å². The molecular weight excluding hydrogens is 200 g/mol. The van der Waals surface area contributed by atoms with E-state index in [0.29, 0.717) is 12.8 Å². The molecule has 0 spiro atoms. The SMILES string of the molecule is C=C[C@H](CCCCCC)[C@@H](O)CCC(C)O. The van der Waals surface area contributed by atoms with E-state index in [1.807, 2.05) is 6.08 Å². The molecule has 96 valence electrons. The van der Waals surface area contributed by atoms with Crippen LogP contribution in [0.1, 0.15) is 58.8 Å². The van der Waals surface area contributed by atoms with Crippen LogP contribution in [0.3, 0.4) is 0 Å².